The Kier molecular flexibility index (Phi) is 6.25. The minimum atomic E-state index is -2.96. The fraction of sp³-hybridized carbons (Fsp3) is 0.533. The molecule has 0 saturated carbocycles. The smallest absolute Gasteiger partial charge is 0.387 e. The van der Waals surface area contributed by atoms with Crippen molar-refractivity contribution in [1.29, 1.82) is 0 Å². The Morgan fingerprint density at radius 1 is 1.41 bits per heavy atom. The van der Waals surface area contributed by atoms with Crippen LogP contribution in [0.4, 0.5) is 14.5 Å². The minimum absolute atomic E-state index is 0.0943. The largest absolute Gasteiger partial charge is 0.433 e. The molecule has 0 aromatic heterocycles. The maximum atomic E-state index is 12.3. The highest BCUT2D eigenvalue weighted by Gasteiger charge is 2.24. The molecule has 0 spiro atoms. The van der Waals surface area contributed by atoms with Crippen molar-refractivity contribution in [2.45, 2.75) is 39.0 Å². The van der Waals surface area contributed by atoms with Crippen molar-refractivity contribution in [3.63, 3.8) is 0 Å². The van der Waals surface area contributed by atoms with Crippen LogP contribution in [-0.2, 0) is 4.79 Å². The lowest BCUT2D eigenvalue weighted by Crippen LogP contribution is -2.46. The molecule has 0 aliphatic carbocycles. The number of alkyl halides is 2. The molecule has 0 radical (unpaired) electrons. The summed E-state index contributed by atoms with van der Waals surface area (Å²) in [6.45, 7) is 2.27. The number of rotatable bonds is 7. The first-order valence-corrected chi connectivity index (χ1v) is 6.87. The van der Waals surface area contributed by atoms with Crippen LogP contribution in [0, 0.1) is 0 Å². The molecule has 0 saturated heterocycles. The molecular weight excluding hydrogens is 294 g/mol. The highest BCUT2D eigenvalue weighted by molar-refractivity contribution is 5.95. The molecular formula is C15H22F2N2O3. The monoisotopic (exact) mass is 316 g/mol. The normalized spacial score (nSPS) is 13.3. The summed E-state index contributed by atoms with van der Waals surface area (Å²) in [5.41, 5.74) is -0.767. The van der Waals surface area contributed by atoms with Crippen LogP contribution in [0.5, 0.6) is 5.75 Å². The van der Waals surface area contributed by atoms with Gasteiger partial charge < -0.3 is 15.2 Å². The number of hydrogen-bond acceptors (Lipinski definition) is 4. The van der Waals surface area contributed by atoms with Gasteiger partial charge in [0.1, 0.15) is 5.75 Å². The van der Waals surface area contributed by atoms with Crippen LogP contribution >= 0.6 is 0 Å². The van der Waals surface area contributed by atoms with Gasteiger partial charge >= 0.3 is 6.61 Å². The number of anilines is 1. The van der Waals surface area contributed by atoms with Crippen LogP contribution in [0.1, 0.15) is 20.8 Å². The van der Waals surface area contributed by atoms with Crippen molar-refractivity contribution in [3.05, 3.63) is 24.3 Å². The number of ether oxygens (including phenoxy) is 1. The van der Waals surface area contributed by atoms with E-state index in [1.54, 1.807) is 38.8 Å². The second-order valence-corrected chi connectivity index (χ2v) is 5.77. The van der Waals surface area contributed by atoms with Gasteiger partial charge in [-0.05, 0) is 40.0 Å². The Morgan fingerprint density at radius 3 is 2.55 bits per heavy atom. The molecule has 1 aromatic rings. The summed E-state index contributed by atoms with van der Waals surface area (Å²) >= 11 is 0. The number of carbonyl (C=O) groups excluding carboxylic acids is 1. The quantitative estimate of drug-likeness (QED) is 0.810. The van der Waals surface area contributed by atoms with E-state index in [1.807, 2.05) is 0 Å². The van der Waals surface area contributed by atoms with E-state index in [1.165, 1.54) is 18.2 Å². The van der Waals surface area contributed by atoms with Crippen molar-refractivity contribution in [2.75, 3.05) is 18.9 Å². The Morgan fingerprint density at radius 2 is 2.00 bits per heavy atom. The highest BCUT2D eigenvalue weighted by atomic mass is 19.3. The number of para-hydroxylation sites is 2. The average Bonchev–Trinajstić information content (AvgIpc) is 2.37. The molecule has 0 fully saturated rings. The number of amides is 1. The topological polar surface area (TPSA) is 61.8 Å². The second kappa shape index (κ2) is 7.51. The lowest BCUT2D eigenvalue weighted by atomic mass is 10.1. The molecule has 1 rings (SSSR count). The van der Waals surface area contributed by atoms with E-state index in [0.29, 0.717) is 0 Å². The third kappa shape index (κ3) is 5.95. The van der Waals surface area contributed by atoms with Gasteiger partial charge in [0, 0.05) is 6.54 Å². The summed E-state index contributed by atoms with van der Waals surface area (Å²) in [4.78, 5) is 13.9. The van der Waals surface area contributed by atoms with Gasteiger partial charge in [-0.3, -0.25) is 9.69 Å². The molecule has 2 N–H and O–H groups in total. The Bertz CT molecular complexity index is 504. The highest BCUT2D eigenvalue weighted by Crippen LogP contribution is 2.25. The Labute approximate surface area is 128 Å². The molecule has 1 amide bonds. The summed E-state index contributed by atoms with van der Waals surface area (Å²) in [7, 11) is 1.70. The van der Waals surface area contributed by atoms with Crippen LogP contribution in [0.2, 0.25) is 0 Å². The van der Waals surface area contributed by atoms with Crippen molar-refractivity contribution >= 4 is 11.6 Å². The average molecular weight is 316 g/mol. The van der Waals surface area contributed by atoms with E-state index >= 15 is 0 Å². The lowest BCUT2D eigenvalue weighted by Gasteiger charge is -2.29. The van der Waals surface area contributed by atoms with E-state index in [-0.39, 0.29) is 23.9 Å². The van der Waals surface area contributed by atoms with Crippen LogP contribution in [0.15, 0.2) is 24.3 Å². The molecule has 0 bridgehead atoms. The van der Waals surface area contributed by atoms with Gasteiger partial charge in [0.2, 0.25) is 5.91 Å². The zero-order valence-electron chi connectivity index (χ0n) is 13.1. The Hall–Kier alpha value is -1.73. The maximum absolute atomic E-state index is 12.3. The number of benzene rings is 1. The van der Waals surface area contributed by atoms with Crippen LogP contribution in [-0.4, -0.2) is 47.8 Å². The Balaban J connectivity index is 2.76. The second-order valence-electron chi connectivity index (χ2n) is 5.77. The van der Waals surface area contributed by atoms with Gasteiger partial charge in [0.25, 0.3) is 0 Å². The van der Waals surface area contributed by atoms with Crippen molar-refractivity contribution in [3.8, 4) is 5.75 Å². The molecule has 7 heteroatoms. The third-order valence-electron chi connectivity index (χ3n) is 3.04. The van der Waals surface area contributed by atoms with E-state index in [2.05, 4.69) is 10.1 Å². The van der Waals surface area contributed by atoms with Gasteiger partial charge in [-0.2, -0.15) is 8.78 Å². The zero-order chi connectivity index (χ0) is 16.9. The molecule has 1 unspecified atom stereocenters. The van der Waals surface area contributed by atoms with Gasteiger partial charge in [0.15, 0.2) is 0 Å². The maximum Gasteiger partial charge on any atom is 0.387 e. The number of nitrogens with one attached hydrogen (secondary N) is 1. The number of nitrogens with zero attached hydrogens (tertiary/aromatic N) is 1. The van der Waals surface area contributed by atoms with Gasteiger partial charge in [-0.15, -0.1) is 0 Å². The van der Waals surface area contributed by atoms with Crippen molar-refractivity contribution in [1.82, 2.24) is 4.90 Å². The summed E-state index contributed by atoms with van der Waals surface area (Å²) < 4.78 is 29.0. The number of halogens is 2. The molecule has 1 aromatic carbocycles. The summed E-state index contributed by atoms with van der Waals surface area (Å²) in [6, 6.07) is 5.44. The number of carbonyl (C=O) groups is 1. The predicted octanol–water partition coefficient (Wildman–Crippen LogP) is 2.32. The first kappa shape index (κ1) is 18.3. The molecule has 124 valence electrons. The first-order valence-electron chi connectivity index (χ1n) is 6.87. The van der Waals surface area contributed by atoms with Gasteiger partial charge in [-0.25, -0.2) is 0 Å². The standard InChI is InChI=1S/C15H22F2N2O3/c1-10(19(4)9-15(2,3)21)13(20)18-11-7-5-6-8-12(11)22-14(16)17/h5-8,10,14,21H,9H2,1-4H3,(H,18,20). The van der Waals surface area contributed by atoms with Crippen LogP contribution in [0.25, 0.3) is 0 Å². The predicted molar refractivity (Wildman–Crippen MR) is 80.1 cm³/mol. The third-order valence-corrected chi connectivity index (χ3v) is 3.04. The van der Waals surface area contributed by atoms with Crippen LogP contribution < -0.4 is 10.1 Å². The fourth-order valence-electron chi connectivity index (χ4n) is 1.95. The summed E-state index contributed by atoms with van der Waals surface area (Å²) in [5.74, 6) is -0.472. The fourth-order valence-corrected chi connectivity index (χ4v) is 1.95. The van der Waals surface area contributed by atoms with Gasteiger partial charge in [0.05, 0.1) is 17.3 Å². The SMILES string of the molecule is CC(C(=O)Nc1ccccc1OC(F)F)N(C)CC(C)(C)O. The number of aliphatic hydroxyl groups is 1. The molecule has 22 heavy (non-hydrogen) atoms. The van der Waals surface area contributed by atoms with E-state index in [0.717, 1.165) is 0 Å². The van der Waals surface area contributed by atoms with Crippen molar-refractivity contribution < 1.29 is 23.4 Å². The van der Waals surface area contributed by atoms with E-state index in [9.17, 15) is 18.7 Å². The van der Waals surface area contributed by atoms with E-state index < -0.39 is 18.3 Å². The minimum Gasteiger partial charge on any atom is -0.433 e. The van der Waals surface area contributed by atoms with Crippen LogP contribution in [0.3, 0.4) is 0 Å². The summed E-state index contributed by atoms with van der Waals surface area (Å²) in [6.07, 6.45) is 0. The summed E-state index contributed by atoms with van der Waals surface area (Å²) in [5, 5.41) is 12.3. The number of hydrogen-bond donors (Lipinski definition) is 2. The molecule has 0 aliphatic heterocycles. The van der Waals surface area contributed by atoms with Gasteiger partial charge in [-0.1, -0.05) is 12.1 Å². The van der Waals surface area contributed by atoms with E-state index in [4.69, 9.17) is 0 Å². The lowest BCUT2D eigenvalue weighted by molar-refractivity contribution is -0.121. The zero-order valence-corrected chi connectivity index (χ0v) is 13.1. The molecule has 0 aliphatic rings. The first-order chi connectivity index (χ1) is 10.1. The molecule has 5 nitrogen and oxygen atoms in total. The molecule has 0 heterocycles. The van der Waals surface area contributed by atoms with Crippen molar-refractivity contribution in [2.24, 2.45) is 0 Å². The number of likely N-dealkylation sites (N-methyl/N-ethyl adjacent to an activating group) is 1. The molecule has 1 atom stereocenters.